The minimum Gasteiger partial charge on any atom is -0.309 e. The van der Waals surface area contributed by atoms with E-state index in [0.29, 0.717) is 11.5 Å². The van der Waals surface area contributed by atoms with Gasteiger partial charge in [0.05, 0.1) is 11.9 Å². The van der Waals surface area contributed by atoms with Crippen LogP contribution in [0.3, 0.4) is 0 Å². The minimum absolute atomic E-state index is 0.0897. The maximum atomic E-state index is 12.9. The lowest BCUT2D eigenvalue weighted by Gasteiger charge is -2.05. The van der Waals surface area contributed by atoms with Crippen LogP contribution in [-0.2, 0) is 18.4 Å². The molecule has 1 aromatic carbocycles. The van der Waals surface area contributed by atoms with Crippen molar-refractivity contribution in [2.24, 2.45) is 7.05 Å². The first-order valence-corrected chi connectivity index (χ1v) is 6.69. The van der Waals surface area contributed by atoms with E-state index in [1.807, 2.05) is 0 Å². The Morgan fingerprint density at radius 2 is 2.00 bits per heavy atom. The van der Waals surface area contributed by atoms with Crippen molar-refractivity contribution < 1.29 is 9.18 Å². The molecule has 0 aliphatic heterocycles. The van der Waals surface area contributed by atoms with Crippen LogP contribution < -0.4 is 5.32 Å². The van der Waals surface area contributed by atoms with Crippen LogP contribution in [0.15, 0.2) is 48.8 Å². The van der Waals surface area contributed by atoms with Gasteiger partial charge >= 0.3 is 0 Å². The minimum atomic E-state index is -0.293. The molecule has 112 valence electrons. The van der Waals surface area contributed by atoms with Gasteiger partial charge in [0.2, 0.25) is 5.91 Å². The van der Waals surface area contributed by atoms with Gasteiger partial charge in [-0.25, -0.2) is 4.39 Å². The van der Waals surface area contributed by atoms with Gasteiger partial charge in [-0.2, -0.15) is 10.2 Å². The van der Waals surface area contributed by atoms with Crippen molar-refractivity contribution in [3.05, 3.63) is 54.6 Å². The van der Waals surface area contributed by atoms with E-state index in [1.165, 1.54) is 16.8 Å². The van der Waals surface area contributed by atoms with Crippen LogP contribution in [0.1, 0.15) is 0 Å². The van der Waals surface area contributed by atoms with E-state index in [2.05, 4.69) is 15.5 Å². The number of carbonyl (C=O) groups excluding carboxylic acids is 1. The third kappa shape index (κ3) is 3.03. The first kappa shape index (κ1) is 14.0. The highest BCUT2D eigenvalue weighted by Crippen LogP contribution is 2.17. The highest BCUT2D eigenvalue weighted by atomic mass is 19.1. The molecule has 1 N–H and O–H groups in total. The molecule has 0 aliphatic carbocycles. The Hall–Kier alpha value is -2.96. The SMILES string of the molecule is Cn1nccc1NC(=O)Cn1ccc(-c2ccc(F)cc2)n1. The molecule has 0 aliphatic rings. The molecular formula is C15H14FN5O. The number of amides is 1. The molecule has 0 spiro atoms. The second-order valence-corrected chi connectivity index (χ2v) is 4.79. The predicted octanol–water partition coefficient (Wildman–Crippen LogP) is 2.06. The lowest BCUT2D eigenvalue weighted by atomic mass is 10.1. The van der Waals surface area contributed by atoms with Gasteiger partial charge in [-0.3, -0.25) is 14.2 Å². The number of halogens is 1. The van der Waals surface area contributed by atoms with Crippen molar-refractivity contribution >= 4 is 11.7 Å². The molecular weight excluding hydrogens is 285 g/mol. The first-order valence-electron chi connectivity index (χ1n) is 6.69. The number of benzene rings is 1. The average molecular weight is 299 g/mol. The second kappa shape index (κ2) is 5.80. The summed E-state index contributed by atoms with van der Waals surface area (Å²) in [4.78, 5) is 12.0. The summed E-state index contributed by atoms with van der Waals surface area (Å²) in [5, 5.41) is 11.0. The van der Waals surface area contributed by atoms with Gasteiger partial charge in [-0.15, -0.1) is 0 Å². The first-order chi connectivity index (χ1) is 10.6. The number of rotatable bonds is 4. The van der Waals surface area contributed by atoms with Crippen molar-refractivity contribution in [3.63, 3.8) is 0 Å². The summed E-state index contributed by atoms with van der Waals surface area (Å²) >= 11 is 0. The quantitative estimate of drug-likeness (QED) is 0.802. The molecule has 1 amide bonds. The summed E-state index contributed by atoms with van der Waals surface area (Å²) in [6, 6.07) is 9.55. The Kier molecular flexibility index (Phi) is 3.69. The van der Waals surface area contributed by atoms with Crippen molar-refractivity contribution in [1.29, 1.82) is 0 Å². The van der Waals surface area contributed by atoms with Crippen molar-refractivity contribution in [2.75, 3.05) is 5.32 Å². The molecule has 0 bridgehead atoms. The Labute approximate surface area is 126 Å². The standard InChI is InChI=1S/C15H14FN5O/c1-20-14(6-8-17-20)18-15(22)10-21-9-7-13(19-21)11-2-4-12(16)5-3-11/h2-9H,10H2,1H3,(H,18,22). The van der Waals surface area contributed by atoms with Gasteiger partial charge in [0.1, 0.15) is 18.2 Å². The molecule has 3 aromatic rings. The number of anilines is 1. The van der Waals surface area contributed by atoms with Crippen LogP contribution in [0.2, 0.25) is 0 Å². The number of aromatic nitrogens is 4. The molecule has 6 nitrogen and oxygen atoms in total. The van der Waals surface area contributed by atoms with Gasteiger partial charge in [0.15, 0.2) is 0 Å². The molecule has 0 radical (unpaired) electrons. The number of carbonyl (C=O) groups is 1. The predicted molar refractivity (Wildman–Crippen MR) is 79.5 cm³/mol. The van der Waals surface area contributed by atoms with Crippen molar-refractivity contribution in [3.8, 4) is 11.3 Å². The highest BCUT2D eigenvalue weighted by molar-refractivity contribution is 5.89. The highest BCUT2D eigenvalue weighted by Gasteiger charge is 2.08. The smallest absolute Gasteiger partial charge is 0.247 e. The Balaban J connectivity index is 1.68. The summed E-state index contributed by atoms with van der Waals surface area (Å²) in [6.07, 6.45) is 3.32. The Morgan fingerprint density at radius 3 is 2.68 bits per heavy atom. The molecule has 0 unspecified atom stereocenters. The lowest BCUT2D eigenvalue weighted by molar-refractivity contribution is -0.116. The van der Waals surface area contributed by atoms with Crippen LogP contribution in [-0.4, -0.2) is 25.5 Å². The third-order valence-electron chi connectivity index (χ3n) is 3.17. The zero-order valence-corrected chi connectivity index (χ0v) is 11.9. The third-order valence-corrected chi connectivity index (χ3v) is 3.17. The topological polar surface area (TPSA) is 64.7 Å². The van der Waals surface area contributed by atoms with E-state index < -0.39 is 0 Å². The largest absolute Gasteiger partial charge is 0.309 e. The van der Waals surface area contributed by atoms with Crippen molar-refractivity contribution in [1.82, 2.24) is 19.6 Å². The number of hydrogen-bond donors (Lipinski definition) is 1. The average Bonchev–Trinajstić information content (AvgIpc) is 3.10. The van der Waals surface area contributed by atoms with Crippen LogP contribution >= 0.6 is 0 Å². The van der Waals surface area contributed by atoms with Gasteiger partial charge in [0.25, 0.3) is 0 Å². The van der Waals surface area contributed by atoms with Gasteiger partial charge in [-0.1, -0.05) is 0 Å². The van der Waals surface area contributed by atoms with Crippen LogP contribution in [0.5, 0.6) is 0 Å². The van der Waals surface area contributed by atoms with E-state index in [9.17, 15) is 9.18 Å². The summed E-state index contributed by atoms with van der Waals surface area (Å²) in [7, 11) is 1.75. The fourth-order valence-corrected chi connectivity index (χ4v) is 2.05. The van der Waals surface area contributed by atoms with Crippen LogP contribution in [0.4, 0.5) is 10.2 Å². The lowest BCUT2D eigenvalue weighted by Crippen LogP contribution is -2.20. The molecule has 0 atom stereocenters. The van der Waals surface area contributed by atoms with Crippen LogP contribution in [0, 0.1) is 5.82 Å². The Morgan fingerprint density at radius 1 is 1.23 bits per heavy atom. The molecule has 2 aromatic heterocycles. The monoisotopic (exact) mass is 299 g/mol. The number of nitrogens with zero attached hydrogens (tertiary/aromatic N) is 4. The maximum Gasteiger partial charge on any atom is 0.247 e. The summed E-state index contributed by atoms with van der Waals surface area (Å²) < 4.78 is 16.0. The van der Waals surface area contributed by atoms with Gasteiger partial charge < -0.3 is 5.32 Å². The molecule has 2 heterocycles. The van der Waals surface area contributed by atoms with E-state index >= 15 is 0 Å². The fraction of sp³-hybridized carbons (Fsp3) is 0.133. The summed E-state index contributed by atoms with van der Waals surface area (Å²) in [5.41, 5.74) is 1.49. The number of aryl methyl sites for hydroxylation is 1. The number of nitrogens with one attached hydrogen (secondary N) is 1. The fourth-order valence-electron chi connectivity index (χ4n) is 2.05. The Bertz CT molecular complexity index is 790. The normalized spacial score (nSPS) is 10.6. The molecule has 22 heavy (non-hydrogen) atoms. The summed E-state index contributed by atoms with van der Waals surface area (Å²) in [6.45, 7) is 0.0897. The zero-order chi connectivity index (χ0) is 15.5. The number of hydrogen-bond acceptors (Lipinski definition) is 3. The van der Waals surface area contributed by atoms with E-state index in [1.54, 1.807) is 48.4 Å². The maximum absolute atomic E-state index is 12.9. The molecule has 3 rings (SSSR count). The summed E-state index contributed by atoms with van der Waals surface area (Å²) in [5.74, 6) is 0.131. The van der Waals surface area contributed by atoms with Crippen molar-refractivity contribution in [2.45, 2.75) is 6.54 Å². The molecule has 0 fully saturated rings. The van der Waals surface area contributed by atoms with E-state index in [4.69, 9.17) is 0 Å². The molecule has 0 saturated heterocycles. The zero-order valence-electron chi connectivity index (χ0n) is 11.9. The van der Waals surface area contributed by atoms with Crippen LogP contribution in [0.25, 0.3) is 11.3 Å². The molecule has 7 heteroatoms. The van der Waals surface area contributed by atoms with Gasteiger partial charge in [-0.05, 0) is 30.3 Å². The van der Waals surface area contributed by atoms with Gasteiger partial charge in [0, 0.05) is 24.9 Å². The van der Waals surface area contributed by atoms with E-state index in [0.717, 1.165) is 5.56 Å². The second-order valence-electron chi connectivity index (χ2n) is 4.79. The molecule has 0 saturated carbocycles. The van der Waals surface area contributed by atoms with E-state index in [-0.39, 0.29) is 18.3 Å².